The molecule has 0 radical (unpaired) electrons. The maximum Gasteiger partial charge on any atom is 0.328 e. The average molecular weight is 237 g/mol. The molecule has 2 fully saturated rings. The minimum atomic E-state index is -0.820. The molecule has 3 heteroatoms. The third kappa shape index (κ3) is 3.32. The topological polar surface area (TPSA) is 40.5 Å². The number of carbonyl (C=O) groups is 1. The molecule has 0 spiro atoms. The molecule has 1 aliphatic heterocycles. The lowest BCUT2D eigenvalue weighted by molar-refractivity contribution is -0.131. The van der Waals surface area contributed by atoms with Crippen molar-refractivity contribution in [2.24, 2.45) is 5.92 Å². The van der Waals surface area contributed by atoms with Crippen molar-refractivity contribution >= 4 is 5.97 Å². The van der Waals surface area contributed by atoms with Gasteiger partial charge in [-0.05, 0) is 45.1 Å². The number of carboxylic acid groups (broad SMARTS) is 1. The molecule has 1 N–H and O–H groups in total. The van der Waals surface area contributed by atoms with Crippen molar-refractivity contribution in [3.8, 4) is 0 Å². The molecule has 1 saturated heterocycles. The molecule has 3 nitrogen and oxygen atoms in total. The highest BCUT2D eigenvalue weighted by Gasteiger charge is 2.32. The first-order chi connectivity index (χ1) is 8.16. The Hall–Kier alpha value is -0.830. The largest absolute Gasteiger partial charge is 0.478 e. The zero-order valence-electron chi connectivity index (χ0n) is 10.7. The highest BCUT2D eigenvalue weighted by Crippen LogP contribution is 2.35. The first kappa shape index (κ1) is 12.6. The molecule has 1 heterocycles. The molecule has 2 atom stereocenters. The van der Waals surface area contributed by atoms with E-state index in [2.05, 4.69) is 4.90 Å². The lowest BCUT2D eigenvalue weighted by Crippen LogP contribution is -2.47. The molecule has 0 aromatic carbocycles. The van der Waals surface area contributed by atoms with Crippen molar-refractivity contribution in [1.82, 2.24) is 4.90 Å². The van der Waals surface area contributed by atoms with E-state index < -0.39 is 5.97 Å². The third-order valence-corrected chi connectivity index (χ3v) is 4.18. The average Bonchev–Trinajstić information content (AvgIpc) is 2.28. The molecule has 0 unspecified atom stereocenters. The SMILES string of the molecule is CC(=CC(=O)O)CN1CCC[C@H]2CCCC[C@H]21. The monoisotopic (exact) mass is 237 g/mol. The van der Waals surface area contributed by atoms with Gasteiger partial charge in [-0.15, -0.1) is 0 Å². The van der Waals surface area contributed by atoms with Crippen LogP contribution in [0.25, 0.3) is 0 Å². The Morgan fingerprint density at radius 3 is 2.76 bits per heavy atom. The lowest BCUT2D eigenvalue weighted by Gasteiger charge is -2.44. The Bertz CT molecular complexity index is 309. The first-order valence-corrected chi connectivity index (χ1v) is 6.81. The fourth-order valence-corrected chi connectivity index (χ4v) is 3.50. The highest BCUT2D eigenvalue weighted by atomic mass is 16.4. The Morgan fingerprint density at radius 2 is 2.00 bits per heavy atom. The zero-order chi connectivity index (χ0) is 12.3. The molecule has 0 bridgehead atoms. The molecule has 2 aliphatic rings. The van der Waals surface area contributed by atoms with Gasteiger partial charge in [-0.1, -0.05) is 18.4 Å². The van der Waals surface area contributed by atoms with Crippen LogP contribution < -0.4 is 0 Å². The van der Waals surface area contributed by atoms with Gasteiger partial charge in [-0.25, -0.2) is 4.79 Å². The van der Waals surface area contributed by atoms with E-state index in [1.54, 1.807) is 0 Å². The molecule has 96 valence electrons. The number of likely N-dealkylation sites (tertiary alicyclic amines) is 1. The van der Waals surface area contributed by atoms with Gasteiger partial charge in [0.15, 0.2) is 0 Å². The zero-order valence-corrected chi connectivity index (χ0v) is 10.7. The van der Waals surface area contributed by atoms with E-state index >= 15 is 0 Å². The van der Waals surface area contributed by atoms with Crippen LogP contribution in [0, 0.1) is 5.92 Å². The van der Waals surface area contributed by atoms with Gasteiger partial charge in [-0.3, -0.25) is 4.90 Å². The Kier molecular flexibility index (Phi) is 4.21. The van der Waals surface area contributed by atoms with Gasteiger partial charge in [0.05, 0.1) is 0 Å². The van der Waals surface area contributed by atoms with Crippen LogP contribution in [0.1, 0.15) is 45.4 Å². The van der Waals surface area contributed by atoms with Gasteiger partial charge >= 0.3 is 5.97 Å². The summed E-state index contributed by atoms with van der Waals surface area (Å²) in [4.78, 5) is 13.2. The summed E-state index contributed by atoms with van der Waals surface area (Å²) in [5.74, 6) is 0.0508. The molecule has 1 aliphatic carbocycles. The van der Waals surface area contributed by atoms with E-state index in [-0.39, 0.29) is 0 Å². The van der Waals surface area contributed by atoms with E-state index in [1.807, 2.05) is 6.92 Å². The second-order valence-corrected chi connectivity index (χ2v) is 5.55. The normalized spacial score (nSPS) is 31.0. The van der Waals surface area contributed by atoms with Crippen molar-refractivity contribution in [3.05, 3.63) is 11.6 Å². The number of hydrogen-bond acceptors (Lipinski definition) is 2. The molecular formula is C14H23NO2. The quantitative estimate of drug-likeness (QED) is 0.767. The standard InChI is InChI=1S/C14H23NO2/c1-11(9-14(16)17)10-15-8-4-6-12-5-2-3-7-13(12)15/h9,12-13H,2-8,10H2,1H3,(H,16,17)/t12-,13-/m1/s1. The molecule has 17 heavy (non-hydrogen) atoms. The van der Waals surface area contributed by atoms with E-state index in [4.69, 9.17) is 5.11 Å². The second-order valence-electron chi connectivity index (χ2n) is 5.55. The molecule has 1 saturated carbocycles. The Morgan fingerprint density at radius 1 is 1.29 bits per heavy atom. The maximum absolute atomic E-state index is 10.6. The molecule has 0 amide bonds. The van der Waals surface area contributed by atoms with Crippen LogP contribution in [0.3, 0.4) is 0 Å². The third-order valence-electron chi connectivity index (χ3n) is 4.18. The van der Waals surface area contributed by atoms with Crippen LogP contribution in [-0.4, -0.2) is 35.1 Å². The van der Waals surface area contributed by atoms with Crippen LogP contribution in [0.2, 0.25) is 0 Å². The lowest BCUT2D eigenvalue weighted by atomic mass is 9.78. The first-order valence-electron chi connectivity index (χ1n) is 6.81. The van der Waals surface area contributed by atoms with Gasteiger partial charge in [-0.2, -0.15) is 0 Å². The number of nitrogens with zero attached hydrogens (tertiary/aromatic N) is 1. The summed E-state index contributed by atoms with van der Waals surface area (Å²) in [6, 6.07) is 0.717. The Balaban J connectivity index is 1.97. The van der Waals surface area contributed by atoms with Crippen LogP contribution in [-0.2, 0) is 4.79 Å². The summed E-state index contributed by atoms with van der Waals surface area (Å²) in [6.07, 6.45) is 9.43. The van der Waals surface area contributed by atoms with Gasteiger partial charge < -0.3 is 5.11 Å². The van der Waals surface area contributed by atoms with Crippen LogP contribution in [0.5, 0.6) is 0 Å². The summed E-state index contributed by atoms with van der Waals surface area (Å²) < 4.78 is 0. The predicted molar refractivity (Wildman–Crippen MR) is 67.9 cm³/mol. The van der Waals surface area contributed by atoms with Crippen molar-refractivity contribution < 1.29 is 9.90 Å². The van der Waals surface area contributed by atoms with Crippen molar-refractivity contribution in [2.45, 2.75) is 51.5 Å². The smallest absolute Gasteiger partial charge is 0.328 e. The van der Waals surface area contributed by atoms with Crippen molar-refractivity contribution in [1.29, 1.82) is 0 Å². The highest BCUT2D eigenvalue weighted by molar-refractivity contribution is 5.80. The minimum absolute atomic E-state index is 0.717. The van der Waals surface area contributed by atoms with Crippen LogP contribution >= 0.6 is 0 Å². The fraction of sp³-hybridized carbons (Fsp3) is 0.786. The number of aliphatic carboxylic acids is 1. The van der Waals surface area contributed by atoms with E-state index in [1.165, 1.54) is 44.6 Å². The van der Waals surface area contributed by atoms with Crippen molar-refractivity contribution in [2.75, 3.05) is 13.1 Å². The van der Waals surface area contributed by atoms with Gasteiger partial charge in [0.2, 0.25) is 0 Å². The van der Waals surface area contributed by atoms with Gasteiger partial charge in [0.1, 0.15) is 0 Å². The van der Waals surface area contributed by atoms with E-state index in [0.717, 1.165) is 30.6 Å². The number of hydrogen-bond donors (Lipinski definition) is 1. The fourth-order valence-electron chi connectivity index (χ4n) is 3.50. The maximum atomic E-state index is 10.6. The summed E-state index contributed by atoms with van der Waals surface area (Å²) in [5.41, 5.74) is 0.976. The number of fused-ring (bicyclic) bond motifs is 1. The summed E-state index contributed by atoms with van der Waals surface area (Å²) in [5, 5.41) is 8.75. The van der Waals surface area contributed by atoms with Crippen LogP contribution in [0.15, 0.2) is 11.6 Å². The predicted octanol–water partition coefficient (Wildman–Crippen LogP) is 2.67. The summed E-state index contributed by atoms with van der Waals surface area (Å²) >= 11 is 0. The summed E-state index contributed by atoms with van der Waals surface area (Å²) in [7, 11) is 0. The Labute approximate surface area is 103 Å². The second kappa shape index (κ2) is 5.67. The van der Waals surface area contributed by atoms with Crippen molar-refractivity contribution in [3.63, 3.8) is 0 Å². The molecular weight excluding hydrogens is 214 g/mol. The number of carboxylic acids is 1. The number of piperidine rings is 1. The van der Waals surface area contributed by atoms with Gasteiger partial charge in [0.25, 0.3) is 0 Å². The minimum Gasteiger partial charge on any atom is -0.478 e. The molecule has 2 rings (SSSR count). The number of rotatable bonds is 3. The van der Waals surface area contributed by atoms with E-state index in [0.29, 0.717) is 0 Å². The summed E-state index contributed by atoms with van der Waals surface area (Å²) in [6.45, 7) is 3.92. The molecule has 0 aromatic heterocycles. The van der Waals surface area contributed by atoms with E-state index in [9.17, 15) is 4.79 Å². The van der Waals surface area contributed by atoms with Crippen LogP contribution in [0.4, 0.5) is 0 Å². The molecule has 0 aromatic rings. The van der Waals surface area contributed by atoms with Gasteiger partial charge in [0, 0.05) is 18.7 Å².